The average molecular weight is 324 g/mol. The van der Waals surface area contributed by atoms with Gasteiger partial charge in [0.1, 0.15) is 11.4 Å². The smallest absolute Gasteiger partial charge is 0.428 e. The van der Waals surface area contributed by atoms with Gasteiger partial charge in [-0.1, -0.05) is 38.1 Å². The lowest BCUT2D eigenvalue weighted by Gasteiger charge is -2.19. The molecule has 0 aliphatic rings. The second-order valence-corrected chi connectivity index (χ2v) is 5.85. The molecule has 0 aliphatic carbocycles. The molecule has 0 aromatic heterocycles. The first kappa shape index (κ1) is 18.3. The number of halogens is 1. The summed E-state index contributed by atoms with van der Waals surface area (Å²) in [5.41, 5.74) is -0.623. The quantitative estimate of drug-likeness (QED) is 0.490. The lowest BCUT2D eigenvalue weighted by atomic mass is 10.1. The van der Waals surface area contributed by atoms with Gasteiger partial charge < -0.3 is 9.47 Å². The number of carbonyl (C=O) groups excluding carboxylic acids is 1. The van der Waals surface area contributed by atoms with E-state index < -0.39 is 11.8 Å². The van der Waals surface area contributed by atoms with Gasteiger partial charge in [-0.3, -0.25) is 0 Å². The maximum atomic E-state index is 12.9. The first-order valence-electron chi connectivity index (χ1n) is 7.12. The number of ether oxygens (including phenoxy) is 2. The molecule has 0 atom stereocenters. The van der Waals surface area contributed by atoms with Crippen LogP contribution in [0.3, 0.4) is 0 Å². The molecule has 0 unspecified atom stereocenters. The Labute approximate surface area is 135 Å². The highest BCUT2D eigenvalue weighted by Gasteiger charge is 2.19. The summed E-state index contributed by atoms with van der Waals surface area (Å²) in [7, 11) is 0. The van der Waals surface area contributed by atoms with Crippen LogP contribution in [0.25, 0.3) is 10.8 Å². The van der Waals surface area contributed by atoms with Gasteiger partial charge in [0.2, 0.25) is 0 Å². The Kier molecular flexibility index (Phi) is 6.68. The highest BCUT2D eigenvalue weighted by atomic mass is 32.2. The van der Waals surface area contributed by atoms with Crippen molar-refractivity contribution in [3.8, 4) is 5.75 Å². The first-order chi connectivity index (χ1) is 10.4. The molecule has 0 spiro atoms. The first-order valence-corrected chi connectivity index (χ1v) is 7.83. The van der Waals surface area contributed by atoms with Gasteiger partial charge in [-0.25, -0.2) is 4.79 Å². The highest BCUT2D eigenvalue weighted by molar-refractivity contribution is 7.94. The van der Waals surface area contributed by atoms with Crippen molar-refractivity contribution in [2.75, 3.05) is 0 Å². The fourth-order valence-electron chi connectivity index (χ4n) is 1.76. The summed E-state index contributed by atoms with van der Waals surface area (Å²) < 4.78 is 23.2. The third kappa shape index (κ3) is 4.91. The van der Waals surface area contributed by atoms with E-state index in [9.17, 15) is 8.68 Å². The molecule has 0 radical (unpaired) electrons. The third-order valence-corrected chi connectivity index (χ3v) is 3.03. The molecule has 0 aliphatic heterocycles. The third-order valence-electron chi connectivity index (χ3n) is 2.51. The lowest BCUT2D eigenvalue weighted by Crippen LogP contribution is -2.26. The van der Waals surface area contributed by atoms with Crippen molar-refractivity contribution in [2.45, 2.75) is 45.1 Å². The molecule has 120 valence electrons. The zero-order valence-corrected chi connectivity index (χ0v) is 14.3. The van der Waals surface area contributed by atoms with Crippen molar-refractivity contribution in [3.05, 3.63) is 36.4 Å². The van der Waals surface area contributed by atoms with Crippen LogP contribution in [0.5, 0.6) is 5.75 Å². The Bertz CT molecular complexity index is 635. The van der Waals surface area contributed by atoms with Gasteiger partial charge in [0, 0.05) is 15.7 Å². The van der Waals surface area contributed by atoms with E-state index in [1.165, 1.54) is 0 Å². The number of hydrogen-bond acceptors (Lipinski definition) is 4. The summed E-state index contributed by atoms with van der Waals surface area (Å²) in [4.78, 5) is 12.2. The molecule has 0 heterocycles. The Morgan fingerprint density at radius 3 is 2.18 bits per heavy atom. The van der Waals surface area contributed by atoms with Crippen LogP contribution in [0, 0.1) is 0 Å². The van der Waals surface area contributed by atoms with Crippen LogP contribution in [0.2, 0.25) is 0 Å². The van der Waals surface area contributed by atoms with Crippen LogP contribution in [-0.4, -0.2) is 11.8 Å². The second-order valence-electron chi connectivity index (χ2n) is 5.25. The fourth-order valence-corrected chi connectivity index (χ4v) is 2.14. The number of hydrogen-bond donors (Lipinski definition) is 0. The van der Waals surface area contributed by atoms with E-state index in [0.717, 1.165) is 0 Å². The Morgan fingerprint density at radius 2 is 1.64 bits per heavy atom. The standard InChI is InChI=1S/C15H15FO3S.C2H6/c1-15(2,3)19-14(17)18-12-8-9-13(20-16)11-7-5-4-6-10(11)12;1-2/h4-9H,1-3H3;1-2H3. The lowest BCUT2D eigenvalue weighted by molar-refractivity contribution is 0.0209. The Balaban J connectivity index is 0.00000116. The van der Waals surface area contributed by atoms with Crippen LogP contribution < -0.4 is 4.74 Å². The molecule has 2 aromatic rings. The number of rotatable bonds is 2. The number of carbonyl (C=O) groups is 1. The molecule has 0 N–H and O–H groups in total. The van der Waals surface area contributed by atoms with E-state index in [1.54, 1.807) is 57.2 Å². The van der Waals surface area contributed by atoms with Crippen LogP contribution >= 0.6 is 12.1 Å². The maximum absolute atomic E-state index is 12.9. The molecular weight excluding hydrogens is 303 g/mol. The second kappa shape index (κ2) is 8.03. The van der Waals surface area contributed by atoms with E-state index in [2.05, 4.69) is 0 Å². The number of benzene rings is 2. The highest BCUT2D eigenvalue weighted by Crippen LogP contribution is 2.34. The summed E-state index contributed by atoms with van der Waals surface area (Å²) in [5, 5.41) is 1.36. The summed E-state index contributed by atoms with van der Waals surface area (Å²) in [6.07, 6.45) is -0.775. The van der Waals surface area contributed by atoms with Crippen molar-refractivity contribution in [1.29, 1.82) is 0 Å². The summed E-state index contributed by atoms with van der Waals surface area (Å²) in [6, 6.07) is 10.3. The van der Waals surface area contributed by atoms with Gasteiger partial charge in [0.15, 0.2) is 0 Å². The number of fused-ring (bicyclic) bond motifs is 1. The molecule has 22 heavy (non-hydrogen) atoms. The molecule has 5 heteroatoms. The molecular formula is C17H21FO3S. The van der Waals surface area contributed by atoms with Crippen LogP contribution in [0.1, 0.15) is 34.6 Å². The van der Waals surface area contributed by atoms with Gasteiger partial charge in [-0.05, 0) is 32.9 Å². The molecule has 0 amide bonds. The largest absolute Gasteiger partial charge is 0.514 e. The molecule has 0 fully saturated rings. The van der Waals surface area contributed by atoms with Gasteiger partial charge >= 0.3 is 6.16 Å². The predicted octanol–water partition coefficient (Wildman–Crippen LogP) is 6.16. The van der Waals surface area contributed by atoms with Crippen molar-refractivity contribution in [2.24, 2.45) is 0 Å². The topological polar surface area (TPSA) is 35.5 Å². The zero-order chi connectivity index (χ0) is 16.8. The molecule has 0 saturated carbocycles. The van der Waals surface area contributed by atoms with Crippen LogP contribution in [0.4, 0.5) is 8.68 Å². The van der Waals surface area contributed by atoms with Crippen molar-refractivity contribution >= 4 is 29.1 Å². The minimum absolute atomic E-state index is 0.164. The van der Waals surface area contributed by atoms with E-state index in [0.29, 0.717) is 21.4 Å². The fraction of sp³-hybridized carbons (Fsp3) is 0.353. The molecule has 3 nitrogen and oxygen atoms in total. The average Bonchev–Trinajstić information content (AvgIpc) is 2.48. The van der Waals surface area contributed by atoms with Gasteiger partial charge in [-0.2, -0.15) is 3.89 Å². The van der Waals surface area contributed by atoms with E-state index in [-0.39, 0.29) is 12.1 Å². The van der Waals surface area contributed by atoms with Gasteiger partial charge in [0.25, 0.3) is 0 Å². The Hall–Kier alpha value is -1.75. The summed E-state index contributed by atoms with van der Waals surface area (Å²) >= 11 is 0.164. The maximum Gasteiger partial charge on any atom is 0.514 e. The minimum Gasteiger partial charge on any atom is -0.428 e. The molecule has 2 aromatic carbocycles. The van der Waals surface area contributed by atoms with Crippen molar-refractivity contribution in [3.63, 3.8) is 0 Å². The monoisotopic (exact) mass is 324 g/mol. The van der Waals surface area contributed by atoms with Crippen molar-refractivity contribution in [1.82, 2.24) is 0 Å². The van der Waals surface area contributed by atoms with Gasteiger partial charge in [0.05, 0.1) is 12.1 Å². The Morgan fingerprint density at radius 1 is 1.05 bits per heavy atom. The predicted molar refractivity (Wildman–Crippen MR) is 89.1 cm³/mol. The summed E-state index contributed by atoms with van der Waals surface area (Å²) in [6.45, 7) is 9.28. The van der Waals surface area contributed by atoms with E-state index in [1.807, 2.05) is 13.8 Å². The van der Waals surface area contributed by atoms with E-state index in [4.69, 9.17) is 9.47 Å². The molecule has 0 bridgehead atoms. The molecule has 0 saturated heterocycles. The normalized spacial score (nSPS) is 10.6. The van der Waals surface area contributed by atoms with Crippen LogP contribution in [0.15, 0.2) is 41.3 Å². The SMILES string of the molecule is CC.CC(C)(C)OC(=O)Oc1ccc(SF)c2ccccc12. The van der Waals surface area contributed by atoms with E-state index >= 15 is 0 Å². The van der Waals surface area contributed by atoms with Crippen molar-refractivity contribution < 1.29 is 18.2 Å². The minimum atomic E-state index is -0.775. The van der Waals surface area contributed by atoms with Crippen LogP contribution in [-0.2, 0) is 4.74 Å². The molecule has 2 rings (SSSR count). The zero-order valence-electron chi connectivity index (χ0n) is 13.5. The summed E-state index contributed by atoms with van der Waals surface area (Å²) in [5.74, 6) is 0.354. The van der Waals surface area contributed by atoms with Gasteiger partial charge in [-0.15, -0.1) is 0 Å².